The van der Waals surface area contributed by atoms with Crippen molar-refractivity contribution in [2.75, 3.05) is 0 Å². The molecular formula is C29H58O3. The van der Waals surface area contributed by atoms with Crippen molar-refractivity contribution in [2.45, 2.75) is 180 Å². The molecule has 2 N–H and O–H groups in total. The van der Waals surface area contributed by atoms with Crippen LogP contribution in [0.4, 0.5) is 0 Å². The van der Waals surface area contributed by atoms with Gasteiger partial charge in [-0.2, -0.15) is 0 Å². The summed E-state index contributed by atoms with van der Waals surface area (Å²) in [5.41, 5.74) is 0. The molecule has 0 aliphatic heterocycles. The first kappa shape index (κ1) is 31.4. The molecule has 0 bridgehead atoms. The lowest BCUT2D eigenvalue weighted by Crippen LogP contribution is -2.05. The van der Waals surface area contributed by atoms with Crippen LogP contribution in [0.2, 0.25) is 0 Å². The van der Waals surface area contributed by atoms with Crippen LogP contribution in [0, 0.1) is 0 Å². The van der Waals surface area contributed by atoms with Gasteiger partial charge in [-0.05, 0) is 19.3 Å². The molecule has 1 atom stereocenters. The third-order valence-corrected chi connectivity index (χ3v) is 6.82. The number of aliphatic hydroxyl groups is 1. The Balaban J connectivity index is 3.07. The van der Waals surface area contributed by atoms with Gasteiger partial charge in [-0.15, -0.1) is 0 Å². The number of carboxylic acids is 1. The molecule has 0 aromatic heterocycles. The van der Waals surface area contributed by atoms with Gasteiger partial charge in [-0.3, -0.25) is 4.79 Å². The molecule has 0 saturated carbocycles. The van der Waals surface area contributed by atoms with Crippen LogP contribution in [-0.2, 0) is 4.79 Å². The summed E-state index contributed by atoms with van der Waals surface area (Å²) in [4.78, 5) is 10.4. The predicted molar refractivity (Wildman–Crippen MR) is 139 cm³/mol. The lowest BCUT2D eigenvalue weighted by atomic mass is 10.0. The molecule has 0 aromatic rings. The Labute approximate surface area is 201 Å². The van der Waals surface area contributed by atoms with Gasteiger partial charge in [-0.1, -0.05) is 148 Å². The third-order valence-electron chi connectivity index (χ3n) is 6.82. The van der Waals surface area contributed by atoms with Crippen molar-refractivity contribution < 1.29 is 15.0 Å². The third kappa shape index (κ3) is 27.5. The number of aliphatic carboxylic acids is 1. The van der Waals surface area contributed by atoms with Crippen LogP contribution in [0.25, 0.3) is 0 Å². The monoisotopic (exact) mass is 454 g/mol. The highest BCUT2D eigenvalue weighted by Crippen LogP contribution is 2.16. The molecule has 0 rings (SSSR count). The standard InChI is InChI=1S/C29H58O3/c1-2-3-22-25-28(30)26-23-20-18-16-14-12-10-8-6-4-5-7-9-11-13-15-17-19-21-24-27-29(31)32/h28,30H,2-27H2,1H3,(H,31,32). The van der Waals surface area contributed by atoms with E-state index in [9.17, 15) is 9.90 Å². The van der Waals surface area contributed by atoms with Crippen LogP contribution >= 0.6 is 0 Å². The molecule has 32 heavy (non-hydrogen) atoms. The Morgan fingerprint density at radius 1 is 0.500 bits per heavy atom. The lowest BCUT2D eigenvalue weighted by Gasteiger charge is -2.09. The van der Waals surface area contributed by atoms with E-state index in [1.165, 1.54) is 135 Å². The summed E-state index contributed by atoms with van der Waals surface area (Å²) in [7, 11) is 0. The molecule has 0 heterocycles. The van der Waals surface area contributed by atoms with E-state index in [1.807, 2.05) is 0 Å². The molecule has 0 fully saturated rings. The van der Waals surface area contributed by atoms with E-state index in [2.05, 4.69) is 6.92 Å². The molecule has 0 radical (unpaired) electrons. The second kappa shape index (κ2) is 26.7. The molecule has 3 heteroatoms. The maximum absolute atomic E-state index is 10.4. The van der Waals surface area contributed by atoms with Crippen LogP contribution in [0.3, 0.4) is 0 Å². The molecule has 0 spiro atoms. The fourth-order valence-corrected chi connectivity index (χ4v) is 4.61. The maximum atomic E-state index is 10.4. The quantitative estimate of drug-likeness (QED) is 0.121. The highest BCUT2D eigenvalue weighted by Gasteiger charge is 2.03. The summed E-state index contributed by atoms with van der Waals surface area (Å²) < 4.78 is 0. The molecule has 1 unspecified atom stereocenters. The van der Waals surface area contributed by atoms with Crippen molar-refractivity contribution in [1.82, 2.24) is 0 Å². The van der Waals surface area contributed by atoms with E-state index in [-0.39, 0.29) is 6.10 Å². The van der Waals surface area contributed by atoms with E-state index in [1.54, 1.807) is 0 Å². The van der Waals surface area contributed by atoms with Gasteiger partial charge in [0.1, 0.15) is 0 Å². The summed E-state index contributed by atoms with van der Waals surface area (Å²) in [6.45, 7) is 2.22. The van der Waals surface area contributed by atoms with Crippen LogP contribution in [0.15, 0.2) is 0 Å². The van der Waals surface area contributed by atoms with Gasteiger partial charge in [0, 0.05) is 6.42 Å². The molecule has 192 valence electrons. The second-order valence-corrected chi connectivity index (χ2v) is 10.2. The Hall–Kier alpha value is -0.570. The van der Waals surface area contributed by atoms with Crippen molar-refractivity contribution in [2.24, 2.45) is 0 Å². The van der Waals surface area contributed by atoms with E-state index in [0.717, 1.165) is 25.7 Å². The van der Waals surface area contributed by atoms with E-state index in [4.69, 9.17) is 5.11 Å². The van der Waals surface area contributed by atoms with E-state index in [0.29, 0.717) is 6.42 Å². The van der Waals surface area contributed by atoms with Gasteiger partial charge in [0.25, 0.3) is 0 Å². The molecule has 3 nitrogen and oxygen atoms in total. The van der Waals surface area contributed by atoms with Gasteiger partial charge in [-0.25, -0.2) is 0 Å². The average Bonchev–Trinajstić information content (AvgIpc) is 2.77. The molecule has 0 amide bonds. The maximum Gasteiger partial charge on any atom is 0.303 e. The number of carbonyl (C=O) groups is 1. The summed E-state index contributed by atoms with van der Waals surface area (Å²) in [5, 5.41) is 18.5. The first-order valence-electron chi connectivity index (χ1n) is 14.6. The van der Waals surface area contributed by atoms with Crippen LogP contribution in [0.1, 0.15) is 174 Å². The number of hydrogen-bond acceptors (Lipinski definition) is 2. The summed E-state index contributed by atoms with van der Waals surface area (Å²) >= 11 is 0. The van der Waals surface area contributed by atoms with Crippen molar-refractivity contribution in [3.63, 3.8) is 0 Å². The first-order chi connectivity index (χ1) is 15.7. The van der Waals surface area contributed by atoms with Gasteiger partial charge in [0.2, 0.25) is 0 Å². The minimum Gasteiger partial charge on any atom is -0.481 e. The molecule has 0 aliphatic carbocycles. The Morgan fingerprint density at radius 3 is 1.09 bits per heavy atom. The average molecular weight is 455 g/mol. The summed E-state index contributed by atoms with van der Waals surface area (Å²) in [6, 6.07) is 0. The van der Waals surface area contributed by atoms with Crippen molar-refractivity contribution in [3.05, 3.63) is 0 Å². The lowest BCUT2D eigenvalue weighted by molar-refractivity contribution is -0.137. The van der Waals surface area contributed by atoms with Crippen LogP contribution in [-0.4, -0.2) is 22.3 Å². The second-order valence-electron chi connectivity index (χ2n) is 10.2. The fourth-order valence-electron chi connectivity index (χ4n) is 4.61. The molecule has 0 saturated heterocycles. The fraction of sp³-hybridized carbons (Fsp3) is 0.966. The van der Waals surface area contributed by atoms with Crippen LogP contribution in [0.5, 0.6) is 0 Å². The summed E-state index contributed by atoms with van der Waals surface area (Å²) in [5.74, 6) is -0.655. The van der Waals surface area contributed by atoms with Gasteiger partial charge in [0.05, 0.1) is 6.10 Å². The van der Waals surface area contributed by atoms with E-state index >= 15 is 0 Å². The SMILES string of the molecule is CCCCCC(O)CCCCCCCCCCCCCCCCCCCCCCC(=O)O. The van der Waals surface area contributed by atoms with Crippen molar-refractivity contribution in [1.29, 1.82) is 0 Å². The summed E-state index contributed by atoms with van der Waals surface area (Å²) in [6.07, 6.45) is 32.5. The Kier molecular flexibility index (Phi) is 26.2. The number of aliphatic hydroxyl groups excluding tert-OH is 1. The Morgan fingerprint density at radius 2 is 0.781 bits per heavy atom. The van der Waals surface area contributed by atoms with Gasteiger partial charge >= 0.3 is 5.97 Å². The van der Waals surface area contributed by atoms with E-state index < -0.39 is 5.97 Å². The molecular weight excluding hydrogens is 396 g/mol. The van der Waals surface area contributed by atoms with Crippen molar-refractivity contribution in [3.8, 4) is 0 Å². The largest absolute Gasteiger partial charge is 0.481 e. The number of hydrogen-bond donors (Lipinski definition) is 2. The minimum atomic E-state index is -0.655. The van der Waals surface area contributed by atoms with Crippen molar-refractivity contribution >= 4 is 5.97 Å². The zero-order valence-corrected chi connectivity index (χ0v) is 21.8. The highest BCUT2D eigenvalue weighted by molar-refractivity contribution is 5.66. The number of rotatable bonds is 27. The predicted octanol–water partition coefficient (Wildman–Crippen LogP) is 9.59. The minimum absolute atomic E-state index is 0.0466. The topological polar surface area (TPSA) is 57.5 Å². The molecule has 0 aliphatic rings. The smallest absolute Gasteiger partial charge is 0.303 e. The van der Waals surface area contributed by atoms with Crippen LogP contribution < -0.4 is 0 Å². The Bertz CT molecular complexity index is 369. The highest BCUT2D eigenvalue weighted by atomic mass is 16.4. The normalized spacial score (nSPS) is 12.3. The number of unbranched alkanes of at least 4 members (excludes halogenated alkanes) is 21. The number of carboxylic acid groups (broad SMARTS) is 1. The zero-order chi connectivity index (χ0) is 23.5. The zero-order valence-electron chi connectivity index (χ0n) is 21.8. The molecule has 0 aromatic carbocycles. The van der Waals surface area contributed by atoms with Gasteiger partial charge < -0.3 is 10.2 Å². The first-order valence-corrected chi connectivity index (χ1v) is 14.6. The van der Waals surface area contributed by atoms with Gasteiger partial charge in [0.15, 0.2) is 0 Å².